The van der Waals surface area contributed by atoms with E-state index in [2.05, 4.69) is 32.2 Å². The Kier molecular flexibility index (Phi) is 4.50. The first-order valence-electron chi connectivity index (χ1n) is 6.25. The fourth-order valence-electron chi connectivity index (χ4n) is 2.15. The number of benzene rings is 1. The van der Waals surface area contributed by atoms with Crippen molar-refractivity contribution in [3.05, 3.63) is 50.2 Å². The van der Waals surface area contributed by atoms with Crippen LogP contribution in [-0.2, 0) is 6.54 Å². The molecule has 1 aromatic heterocycles. The molecule has 0 amide bonds. The van der Waals surface area contributed by atoms with E-state index in [1.54, 1.807) is 18.2 Å². The zero-order valence-electron chi connectivity index (χ0n) is 11.3. The van der Waals surface area contributed by atoms with E-state index in [1.165, 1.54) is 15.3 Å². The van der Waals surface area contributed by atoms with Gasteiger partial charge < -0.3 is 10.4 Å². The topological polar surface area (TPSA) is 32.3 Å². The summed E-state index contributed by atoms with van der Waals surface area (Å²) in [5, 5.41) is 13.8. The van der Waals surface area contributed by atoms with Crippen molar-refractivity contribution in [1.29, 1.82) is 0 Å². The number of phenolic OH excluding ortho intramolecular Hbond substituents is 1. The van der Waals surface area contributed by atoms with Gasteiger partial charge in [0.25, 0.3) is 0 Å². The van der Waals surface area contributed by atoms with Crippen LogP contribution >= 0.6 is 22.9 Å². The standard InChI is InChI=1S/C15H18ClNOS/c1-9-6-14(11(3)19-9)10(2)17-8-12-7-13(16)4-5-15(12)18/h4-7,10,17-18H,8H2,1-3H3. The van der Waals surface area contributed by atoms with E-state index in [9.17, 15) is 5.11 Å². The molecule has 2 aromatic rings. The maximum Gasteiger partial charge on any atom is 0.120 e. The molecule has 19 heavy (non-hydrogen) atoms. The lowest BCUT2D eigenvalue weighted by Crippen LogP contribution is -2.18. The number of aromatic hydroxyl groups is 1. The van der Waals surface area contributed by atoms with Crippen LogP contribution in [0.5, 0.6) is 5.75 Å². The summed E-state index contributed by atoms with van der Waals surface area (Å²) in [6, 6.07) is 7.58. The van der Waals surface area contributed by atoms with Crippen LogP contribution in [-0.4, -0.2) is 5.11 Å². The summed E-state index contributed by atoms with van der Waals surface area (Å²) in [7, 11) is 0. The molecule has 1 aromatic carbocycles. The van der Waals surface area contributed by atoms with Gasteiger partial charge >= 0.3 is 0 Å². The van der Waals surface area contributed by atoms with E-state index < -0.39 is 0 Å². The highest BCUT2D eigenvalue weighted by molar-refractivity contribution is 7.12. The number of phenols is 1. The Morgan fingerprint density at radius 1 is 1.32 bits per heavy atom. The van der Waals surface area contributed by atoms with Gasteiger partial charge in [-0.1, -0.05) is 11.6 Å². The smallest absolute Gasteiger partial charge is 0.120 e. The Labute approximate surface area is 123 Å². The number of hydrogen-bond donors (Lipinski definition) is 2. The maximum atomic E-state index is 9.78. The number of nitrogens with one attached hydrogen (secondary N) is 1. The summed E-state index contributed by atoms with van der Waals surface area (Å²) in [6.07, 6.45) is 0. The van der Waals surface area contributed by atoms with Crippen LogP contribution in [0.3, 0.4) is 0 Å². The molecule has 0 saturated heterocycles. The third-order valence-electron chi connectivity index (χ3n) is 3.19. The molecular weight excluding hydrogens is 278 g/mol. The minimum absolute atomic E-state index is 0.253. The van der Waals surface area contributed by atoms with Crippen LogP contribution < -0.4 is 5.32 Å². The maximum absolute atomic E-state index is 9.78. The van der Waals surface area contributed by atoms with Crippen LogP contribution in [0.1, 0.15) is 33.8 Å². The molecule has 0 fully saturated rings. The van der Waals surface area contributed by atoms with Crippen molar-refractivity contribution in [3.63, 3.8) is 0 Å². The molecule has 0 aliphatic heterocycles. The van der Waals surface area contributed by atoms with Crippen LogP contribution in [0.2, 0.25) is 5.02 Å². The number of aryl methyl sites for hydroxylation is 2. The molecule has 0 radical (unpaired) electrons. The summed E-state index contributed by atoms with van der Waals surface area (Å²) in [5.41, 5.74) is 2.15. The van der Waals surface area contributed by atoms with E-state index in [0.717, 1.165) is 5.56 Å². The molecule has 0 bridgehead atoms. The van der Waals surface area contributed by atoms with Gasteiger partial charge in [-0.25, -0.2) is 0 Å². The molecule has 2 nitrogen and oxygen atoms in total. The first-order valence-corrected chi connectivity index (χ1v) is 7.44. The van der Waals surface area contributed by atoms with Crippen molar-refractivity contribution >= 4 is 22.9 Å². The zero-order chi connectivity index (χ0) is 14.0. The Morgan fingerprint density at radius 3 is 2.68 bits per heavy atom. The number of hydrogen-bond acceptors (Lipinski definition) is 3. The number of rotatable bonds is 4. The van der Waals surface area contributed by atoms with Gasteiger partial charge in [0.2, 0.25) is 0 Å². The van der Waals surface area contributed by atoms with E-state index in [0.29, 0.717) is 11.6 Å². The Balaban J connectivity index is 2.06. The molecule has 4 heteroatoms. The SMILES string of the molecule is Cc1cc(C(C)NCc2cc(Cl)ccc2O)c(C)s1. The summed E-state index contributed by atoms with van der Waals surface area (Å²) in [5.74, 6) is 0.280. The molecule has 1 unspecified atom stereocenters. The molecule has 2 N–H and O–H groups in total. The van der Waals surface area contributed by atoms with Gasteiger partial charge in [-0.05, 0) is 50.6 Å². The monoisotopic (exact) mass is 295 g/mol. The summed E-state index contributed by atoms with van der Waals surface area (Å²) < 4.78 is 0. The van der Waals surface area contributed by atoms with Crippen molar-refractivity contribution < 1.29 is 5.11 Å². The fourth-order valence-corrected chi connectivity index (χ4v) is 3.37. The Bertz CT molecular complexity index is 580. The molecule has 102 valence electrons. The summed E-state index contributed by atoms with van der Waals surface area (Å²) in [4.78, 5) is 2.67. The Hall–Kier alpha value is -1.03. The predicted molar refractivity (Wildman–Crippen MR) is 82.2 cm³/mol. The van der Waals surface area contributed by atoms with E-state index in [4.69, 9.17) is 11.6 Å². The second kappa shape index (κ2) is 5.95. The quantitative estimate of drug-likeness (QED) is 0.865. The first kappa shape index (κ1) is 14.4. The van der Waals surface area contributed by atoms with Gasteiger partial charge in [0.05, 0.1) is 0 Å². The van der Waals surface area contributed by atoms with Gasteiger partial charge in [-0.2, -0.15) is 0 Å². The average Bonchev–Trinajstić information content (AvgIpc) is 2.69. The molecule has 0 aliphatic carbocycles. The van der Waals surface area contributed by atoms with E-state index in [-0.39, 0.29) is 11.8 Å². The van der Waals surface area contributed by atoms with Crippen molar-refractivity contribution in [2.45, 2.75) is 33.4 Å². The van der Waals surface area contributed by atoms with Gasteiger partial charge in [-0.15, -0.1) is 11.3 Å². The largest absolute Gasteiger partial charge is 0.508 e. The Morgan fingerprint density at radius 2 is 2.05 bits per heavy atom. The molecular formula is C15H18ClNOS. The second-order valence-electron chi connectivity index (χ2n) is 4.74. The van der Waals surface area contributed by atoms with Crippen molar-refractivity contribution in [1.82, 2.24) is 5.32 Å². The fraction of sp³-hybridized carbons (Fsp3) is 0.333. The molecule has 2 rings (SSSR count). The highest BCUT2D eigenvalue weighted by atomic mass is 35.5. The molecule has 0 spiro atoms. The first-order chi connectivity index (χ1) is 8.97. The van der Waals surface area contributed by atoms with Crippen LogP contribution in [0.4, 0.5) is 0 Å². The minimum Gasteiger partial charge on any atom is -0.508 e. The normalized spacial score (nSPS) is 12.6. The number of thiophene rings is 1. The molecule has 0 aliphatic rings. The predicted octanol–water partition coefficient (Wildman–Crippen LogP) is 4.57. The van der Waals surface area contributed by atoms with Crippen LogP contribution in [0, 0.1) is 13.8 Å². The zero-order valence-corrected chi connectivity index (χ0v) is 12.9. The summed E-state index contributed by atoms with van der Waals surface area (Å²) >= 11 is 7.75. The third-order valence-corrected chi connectivity index (χ3v) is 4.40. The van der Waals surface area contributed by atoms with E-state index in [1.807, 2.05) is 11.3 Å². The van der Waals surface area contributed by atoms with Crippen molar-refractivity contribution in [2.24, 2.45) is 0 Å². The molecule has 1 atom stereocenters. The highest BCUT2D eigenvalue weighted by Gasteiger charge is 2.11. The molecule has 1 heterocycles. The summed E-state index contributed by atoms with van der Waals surface area (Å²) in [6.45, 7) is 7.00. The lowest BCUT2D eigenvalue weighted by atomic mass is 10.1. The van der Waals surface area contributed by atoms with Crippen molar-refractivity contribution in [2.75, 3.05) is 0 Å². The van der Waals surface area contributed by atoms with Crippen LogP contribution in [0.15, 0.2) is 24.3 Å². The molecule has 0 saturated carbocycles. The lowest BCUT2D eigenvalue weighted by Gasteiger charge is -2.14. The lowest BCUT2D eigenvalue weighted by molar-refractivity contribution is 0.460. The van der Waals surface area contributed by atoms with Gasteiger partial charge in [-0.3, -0.25) is 0 Å². The van der Waals surface area contributed by atoms with E-state index >= 15 is 0 Å². The van der Waals surface area contributed by atoms with Gasteiger partial charge in [0.1, 0.15) is 5.75 Å². The average molecular weight is 296 g/mol. The van der Waals surface area contributed by atoms with Crippen LogP contribution in [0.25, 0.3) is 0 Å². The third kappa shape index (κ3) is 3.50. The van der Waals surface area contributed by atoms with Crippen molar-refractivity contribution in [3.8, 4) is 5.75 Å². The highest BCUT2D eigenvalue weighted by Crippen LogP contribution is 2.27. The van der Waals surface area contributed by atoms with Gasteiger partial charge in [0, 0.05) is 32.9 Å². The minimum atomic E-state index is 0.253. The second-order valence-corrected chi connectivity index (χ2v) is 6.64. The number of halogens is 1. The van der Waals surface area contributed by atoms with Gasteiger partial charge in [0.15, 0.2) is 0 Å².